The third-order valence-corrected chi connectivity index (χ3v) is 5.90. The molecule has 1 aliphatic rings. The van der Waals surface area contributed by atoms with Gasteiger partial charge in [-0.1, -0.05) is 18.2 Å². The Bertz CT molecular complexity index is 1060. The molecule has 0 amide bonds. The molecule has 146 valence electrons. The van der Waals surface area contributed by atoms with Crippen LogP contribution in [0, 0.1) is 0 Å². The molecule has 2 heterocycles. The molecule has 28 heavy (non-hydrogen) atoms. The largest absolute Gasteiger partial charge is 0.507 e. The lowest BCUT2D eigenvalue weighted by Gasteiger charge is -2.30. The van der Waals surface area contributed by atoms with Crippen LogP contribution in [0.25, 0.3) is 22.1 Å². The topological polar surface area (TPSA) is 64.1 Å². The zero-order valence-corrected chi connectivity index (χ0v) is 16.3. The molecular formula is C23H26NO4+. The van der Waals surface area contributed by atoms with E-state index in [0.717, 1.165) is 6.54 Å². The number of methoxy groups -OCH3 is 1. The van der Waals surface area contributed by atoms with Crippen molar-refractivity contribution in [1.82, 2.24) is 0 Å². The van der Waals surface area contributed by atoms with Gasteiger partial charge in [-0.3, -0.25) is 4.79 Å². The Labute approximate surface area is 164 Å². The van der Waals surface area contributed by atoms with Crippen LogP contribution in [0.15, 0.2) is 51.9 Å². The number of rotatable bonds is 4. The first-order chi connectivity index (χ1) is 13.6. The lowest BCUT2D eigenvalue weighted by molar-refractivity contribution is -0.941. The van der Waals surface area contributed by atoms with Crippen molar-refractivity contribution in [3.8, 4) is 22.6 Å². The van der Waals surface area contributed by atoms with Gasteiger partial charge < -0.3 is 19.2 Å². The van der Waals surface area contributed by atoms with Gasteiger partial charge in [0.1, 0.15) is 29.9 Å². The highest BCUT2D eigenvalue weighted by molar-refractivity contribution is 5.86. The van der Waals surface area contributed by atoms with Crippen molar-refractivity contribution < 1.29 is 19.2 Å². The number of aromatic hydroxyl groups is 1. The molecular weight excluding hydrogens is 354 g/mol. The summed E-state index contributed by atoms with van der Waals surface area (Å²) >= 11 is 0. The fourth-order valence-corrected chi connectivity index (χ4v) is 4.21. The van der Waals surface area contributed by atoms with E-state index >= 15 is 0 Å². The quantitative estimate of drug-likeness (QED) is 0.730. The van der Waals surface area contributed by atoms with E-state index in [2.05, 4.69) is 6.92 Å². The Morgan fingerprint density at radius 3 is 2.79 bits per heavy atom. The number of phenols is 1. The van der Waals surface area contributed by atoms with Crippen LogP contribution in [-0.2, 0) is 6.54 Å². The van der Waals surface area contributed by atoms with Gasteiger partial charge in [0.15, 0.2) is 0 Å². The van der Waals surface area contributed by atoms with Gasteiger partial charge in [-0.25, -0.2) is 0 Å². The Morgan fingerprint density at radius 1 is 1.18 bits per heavy atom. The minimum absolute atomic E-state index is 0.117. The zero-order valence-electron chi connectivity index (χ0n) is 16.3. The summed E-state index contributed by atoms with van der Waals surface area (Å²) in [6, 6.07) is 11.2. The van der Waals surface area contributed by atoms with Gasteiger partial charge in [0.25, 0.3) is 0 Å². The maximum Gasteiger partial charge on any atom is 0.200 e. The molecule has 5 nitrogen and oxygen atoms in total. The average molecular weight is 380 g/mol. The number of nitrogens with one attached hydrogen (secondary N) is 1. The predicted octanol–water partition coefficient (Wildman–Crippen LogP) is 3.13. The summed E-state index contributed by atoms with van der Waals surface area (Å²) in [6.45, 7) is 3.97. The first-order valence-corrected chi connectivity index (χ1v) is 9.84. The Hall–Kier alpha value is -2.79. The minimum atomic E-state index is -0.117. The normalized spacial score (nSPS) is 19.6. The molecule has 2 N–H and O–H groups in total. The lowest BCUT2D eigenvalue weighted by Crippen LogP contribution is -3.14. The number of piperidine rings is 1. The summed E-state index contributed by atoms with van der Waals surface area (Å²) in [5.41, 5.74) is 2.23. The third kappa shape index (κ3) is 3.27. The molecule has 0 radical (unpaired) electrons. The highest BCUT2D eigenvalue weighted by Crippen LogP contribution is 2.31. The molecule has 0 spiro atoms. The number of hydrogen-bond donors (Lipinski definition) is 2. The molecule has 1 fully saturated rings. The molecule has 0 saturated carbocycles. The predicted molar refractivity (Wildman–Crippen MR) is 109 cm³/mol. The SMILES string of the molecule is COc1ccccc1-c1coc2c(C[NH+]3CCCCC3C)c(O)ccc2c1=O. The number of ether oxygens (including phenoxy) is 1. The molecule has 3 aromatic rings. The number of benzene rings is 2. The lowest BCUT2D eigenvalue weighted by atomic mass is 10.0. The number of para-hydroxylation sites is 1. The third-order valence-electron chi connectivity index (χ3n) is 5.90. The molecule has 4 rings (SSSR count). The van der Waals surface area contributed by atoms with Crippen LogP contribution in [0.1, 0.15) is 31.7 Å². The zero-order chi connectivity index (χ0) is 19.7. The van der Waals surface area contributed by atoms with Crippen LogP contribution in [0.4, 0.5) is 0 Å². The fourth-order valence-electron chi connectivity index (χ4n) is 4.21. The van der Waals surface area contributed by atoms with E-state index in [0.29, 0.717) is 46.0 Å². The average Bonchev–Trinajstić information content (AvgIpc) is 2.72. The van der Waals surface area contributed by atoms with Gasteiger partial charge in [0, 0.05) is 5.56 Å². The van der Waals surface area contributed by atoms with Crippen molar-refractivity contribution in [2.75, 3.05) is 13.7 Å². The van der Waals surface area contributed by atoms with E-state index in [-0.39, 0.29) is 11.2 Å². The standard InChI is InChI=1S/C23H25NO4/c1-15-7-5-6-12-24(15)13-18-20(25)11-10-17-22(26)19(14-28-23(17)18)16-8-3-4-9-21(16)27-2/h3-4,8-11,14-15,25H,5-7,12-13H2,1-2H3/p+1. The maximum absolute atomic E-state index is 13.2. The van der Waals surface area contributed by atoms with Gasteiger partial charge in [-0.05, 0) is 44.4 Å². The van der Waals surface area contributed by atoms with E-state index in [1.165, 1.54) is 30.4 Å². The summed E-state index contributed by atoms with van der Waals surface area (Å²) in [6.07, 6.45) is 5.11. The van der Waals surface area contributed by atoms with Crippen LogP contribution in [-0.4, -0.2) is 24.8 Å². The molecule has 5 heteroatoms. The first kappa shape index (κ1) is 18.6. The van der Waals surface area contributed by atoms with Crippen LogP contribution in [0.2, 0.25) is 0 Å². The molecule has 1 saturated heterocycles. The Morgan fingerprint density at radius 2 is 2.00 bits per heavy atom. The summed E-state index contributed by atoms with van der Waals surface area (Å²) < 4.78 is 11.3. The summed E-state index contributed by atoms with van der Waals surface area (Å²) in [5.74, 6) is 0.811. The van der Waals surface area contributed by atoms with Crippen LogP contribution in [0.3, 0.4) is 0 Å². The minimum Gasteiger partial charge on any atom is -0.507 e. The van der Waals surface area contributed by atoms with E-state index in [1.54, 1.807) is 19.2 Å². The molecule has 2 atom stereocenters. The summed E-state index contributed by atoms with van der Waals surface area (Å²) in [5, 5.41) is 11.0. The van der Waals surface area contributed by atoms with E-state index in [1.807, 2.05) is 24.3 Å². The number of fused-ring (bicyclic) bond motifs is 1. The second-order valence-electron chi connectivity index (χ2n) is 7.60. The Balaban J connectivity index is 1.82. The second-order valence-corrected chi connectivity index (χ2v) is 7.60. The van der Waals surface area contributed by atoms with Crippen LogP contribution < -0.4 is 15.1 Å². The van der Waals surface area contributed by atoms with Gasteiger partial charge >= 0.3 is 0 Å². The van der Waals surface area contributed by atoms with Crippen molar-refractivity contribution in [1.29, 1.82) is 0 Å². The maximum atomic E-state index is 13.2. The fraction of sp³-hybridized carbons (Fsp3) is 0.348. The first-order valence-electron chi connectivity index (χ1n) is 9.84. The van der Waals surface area contributed by atoms with Crippen LogP contribution >= 0.6 is 0 Å². The van der Waals surface area contributed by atoms with Gasteiger partial charge in [0.05, 0.1) is 36.2 Å². The highest BCUT2D eigenvalue weighted by atomic mass is 16.5. The van der Waals surface area contributed by atoms with E-state index in [9.17, 15) is 9.90 Å². The smallest absolute Gasteiger partial charge is 0.200 e. The van der Waals surface area contributed by atoms with Gasteiger partial charge in [-0.2, -0.15) is 0 Å². The van der Waals surface area contributed by atoms with Crippen molar-refractivity contribution in [2.45, 2.75) is 38.8 Å². The summed E-state index contributed by atoms with van der Waals surface area (Å²) in [4.78, 5) is 14.6. The number of hydrogen-bond acceptors (Lipinski definition) is 4. The molecule has 0 aliphatic carbocycles. The van der Waals surface area contributed by atoms with Crippen molar-refractivity contribution in [2.24, 2.45) is 0 Å². The molecule has 2 unspecified atom stereocenters. The highest BCUT2D eigenvalue weighted by Gasteiger charge is 2.25. The summed E-state index contributed by atoms with van der Waals surface area (Å²) in [7, 11) is 1.58. The molecule has 2 aromatic carbocycles. The number of phenolic OH excluding ortho intramolecular Hbond substituents is 1. The van der Waals surface area contributed by atoms with E-state index in [4.69, 9.17) is 9.15 Å². The van der Waals surface area contributed by atoms with Crippen LogP contribution in [0.5, 0.6) is 11.5 Å². The van der Waals surface area contributed by atoms with Crippen molar-refractivity contribution in [3.05, 3.63) is 58.4 Å². The molecule has 1 aromatic heterocycles. The number of quaternary nitrogens is 1. The monoisotopic (exact) mass is 380 g/mol. The molecule has 0 bridgehead atoms. The second kappa shape index (κ2) is 7.68. The molecule has 1 aliphatic heterocycles. The number of likely N-dealkylation sites (tertiary alicyclic amines) is 1. The van der Waals surface area contributed by atoms with Gasteiger partial charge in [-0.15, -0.1) is 0 Å². The van der Waals surface area contributed by atoms with Crippen molar-refractivity contribution in [3.63, 3.8) is 0 Å². The Kier molecular flexibility index (Phi) is 5.09. The van der Waals surface area contributed by atoms with Gasteiger partial charge in [0.2, 0.25) is 5.43 Å². The van der Waals surface area contributed by atoms with Crippen molar-refractivity contribution >= 4 is 11.0 Å². The van der Waals surface area contributed by atoms with E-state index < -0.39 is 0 Å².